The number of hydrogen-bond acceptors (Lipinski definition) is 2. The number of carbonyl (C=O) groups is 1. The van der Waals surface area contributed by atoms with Crippen LogP contribution < -0.4 is 0 Å². The highest BCUT2D eigenvalue weighted by Gasteiger charge is 2.27. The second kappa shape index (κ2) is 5.62. The zero-order valence-corrected chi connectivity index (χ0v) is 14.2. The topological polar surface area (TPSA) is 22.0 Å². The number of fused-ring (bicyclic) bond motifs is 1. The average molecular weight is 322 g/mol. The number of thiophene rings is 1. The average Bonchev–Trinajstić information content (AvgIpc) is 3.02. The van der Waals surface area contributed by atoms with Gasteiger partial charge in [-0.1, -0.05) is 0 Å². The molecule has 0 N–H and O–H groups in total. The molecule has 0 aliphatic heterocycles. The van der Waals surface area contributed by atoms with E-state index in [1.165, 1.54) is 23.3 Å². The summed E-state index contributed by atoms with van der Waals surface area (Å²) in [4.78, 5) is 13.8. The van der Waals surface area contributed by atoms with Gasteiger partial charge in [-0.25, -0.2) is 0 Å². The Morgan fingerprint density at radius 2 is 2.24 bits per heavy atom. The number of aromatic nitrogens is 1. The van der Waals surface area contributed by atoms with Crippen LogP contribution in [0.1, 0.15) is 58.0 Å². The van der Waals surface area contributed by atoms with Gasteiger partial charge in [0.2, 0.25) is 0 Å². The fourth-order valence-electron chi connectivity index (χ4n) is 3.45. The molecule has 0 amide bonds. The van der Waals surface area contributed by atoms with Gasteiger partial charge in [0.25, 0.3) is 0 Å². The Labute approximate surface area is 134 Å². The highest BCUT2D eigenvalue weighted by molar-refractivity contribution is 7.10. The monoisotopic (exact) mass is 321 g/mol. The van der Waals surface area contributed by atoms with E-state index >= 15 is 0 Å². The minimum Gasteiger partial charge on any atom is -0.341 e. The first-order chi connectivity index (χ1) is 10.0. The third kappa shape index (κ3) is 2.47. The van der Waals surface area contributed by atoms with Crippen LogP contribution in [0.4, 0.5) is 0 Å². The predicted octanol–water partition coefficient (Wildman–Crippen LogP) is 4.90. The lowest BCUT2D eigenvalue weighted by molar-refractivity contribution is 0.0991. The molecule has 3 rings (SSSR count). The summed E-state index contributed by atoms with van der Waals surface area (Å²) in [5.74, 6) is 0.0253. The minimum absolute atomic E-state index is 0.0253. The van der Waals surface area contributed by atoms with Crippen LogP contribution in [0.15, 0.2) is 17.5 Å². The van der Waals surface area contributed by atoms with E-state index in [4.69, 9.17) is 11.6 Å². The highest BCUT2D eigenvalue weighted by atomic mass is 35.5. The minimum atomic E-state index is -0.470. The second-order valence-electron chi connectivity index (χ2n) is 5.84. The molecule has 2 nitrogen and oxygen atoms in total. The van der Waals surface area contributed by atoms with Gasteiger partial charge in [0.15, 0.2) is 5.78 Å². The van der Waals surface area contributed by atoms with Gasteiger partial charge >= 0.3 is 0 Å². The van der Waals surface area contributed by atoms with Crippen LogP contribution in [0.2, 0.25) is 0 Å². The standard InChI is InChI=1S/C17H20ClNOS/c1-10-9-14(17(20)11(2)18)12(3)19(10)15-5-4-6-16-13(15)7-8-21-16/h7-9,11,15H,4-6H2,1-3H3. The van der Waals surface area contributed by atoms with Gasteiger partial charge in [-0.15, -0.1) is 22.9 Å². The molecule has 0 bridgehead atoms. The number of carbonyl (C=O) groups excluding carboxylic acids is 1. The molecule has 2 unspecified atom stereocenters. The zero-order valence-electron chi connectivity index (χ0n) is 12.6. The molecule has 2 atom stereocenters. The number of aryl methyl sites for hydroxylation is 2. The van der Waals surface area contributed by atoms with Crippen LogP contribution in [-0.2, 0) is 6.42 Å². The summed E-state index contributed by atoms with van der Waals surface area (Å²) >= 11 is 7.84. The van der Waals surface area contributed by atoms with Crippen LogP contribution in [0.5, 0.6) is 0 Å². The normalized spacial score (nSPS) is 19.3. The quantitative estimate of drug-likeness (QED) is 0.582. The van der Waals surface area contributed by atoms with Crippen molar-refractivity contribution in [2.45, 2.75) is 51.5 Å². The lowest BCUT2D eigenvalue weighted by atomic mass is 9.93. The molecule has 1 aliphatic rings. The van der Waals surface area contributed by atoms with Crippen LogP contribution in [-0.4, -0.2) is 15.7 Å². The maximum Gasteiger partial charge on any atom is 0.182 e. The van der Waals surface area contributed by atoms with Crippen LogP contribution in [0, 0.1) is 13.8 Å². The molecule has 0 radical (unpaired) electrons. The molecule has 0 saturated heterocycles. The first-order valence-electron chi connectivity index (χ1n) is 7.43. The van der Waals surface area contributed by atoms with E-state index in [1.54, 1.807) is 6.92 Å². The lowest BCUT2D eigenvalue weighted by Crippen LogP contribution is -2.19. The number of halogens is 1. The summed E-state index contributed by atoms with van der Waals surface area (Å²) in [7, 11) is 0. The maximum absolute atomic E-state index is 12.3. The molecule has 0 fully saturated rings. The fraction of sp³-hybridized carbons (Fsp3) is 0.471. The third-order valence-corrected chi connectivity index (χ3v) is 5.64. The number of hydrogen-bond donors (Lipinski definition) is 0. The SMILES string of the molecule is Cc1cc(C(=O)C(C)Cl)c(C)n1C1CCCc2sccc21. The first-order valence-corrected chi connectivity index (χ1v) is 8.75. The molecular weight excluding hydrogens is 302 g/mol. The van der Waals surface area contributed by atoms with E-state index in [1.807, 2.05) is 24.3 Å². The van der Waals surface area contributed by atoms with Gasteiger partial charge < -0.3 is 4.57 Å². The third-order valence-electron chi connectivity index (χ3n) is 4.44. The van der Waals surface area contributed by atoms with Gasteiger partial charge in [-0.2, -0.15) is 0 Å². The van der Waals surface area contributed by atoms with Gasteiger partial charge in [0.1, 0.15) is 0 Å². The Morgan fingerprint density at radius 3 is 2.95 bits per heavy atom. The molecule has 2 aromatic rings. The van der Waals surface area contributed by atoms with Gasteiger partial charge in [-0.3, -0.25) is 4.79 Å². The van der Waals surface area contributed by atoms with Crippen LogP contribution in [0.25, 0.3) is 0 Å². The summed E-state index contributed by atoms with van der Waals surface area (Å²) < 4.78 is 2.33. The first kappa shape index (κ1) is 14.9. The van der Waals surface area contributed by atoms with Crippen molar-refractivity contribution in [3.8, 4) is 0 Å². The Kier molecular flexibility index (Phi) is 3.98. The largest absolute Gasteiger partial charge is 0.341 e. The molecule has 4 heteroatoms. The van der Waals surface area contributed by atoms with E-state index in [0.29, 0.717) is 6.04 Å². The molecule has 0 spiro atoms. The Morgan fingerprint density at radius 1 is 1.48 bits per heavy atom. The smallest absolute Gasteiger partial charge is 0.182 e. The van der Waals surface area contributed by atoms with Gasteiger partial charge in [0, 0.05) is 21.8 Å². The van der Waals surface area contributed by atoms with Crippen molar-refractivity contribution < 1.29 is 4.79 Å². The molecule has 2 heterocycles. The van der Waals surface area contributed by atoms with Crippen molar-refractivity contribution >= 4 is 28.7 Å². The lowest BCUT2D eigenvalue weighted by Gasteiger charge is -2.27. The van der Waals surface area contributed by atoms with Gasteiger partial charge in [0.05, 0.1) is 11.4 Å². The van der Waals surface area contributed by atoms with Crippen molar-refractivity contribution in [1.29, 1.82) is 0 Å². The number of alkyl halides is 1. The Balaban J connectivity index is 2.07. The highest BCUT2D eigenvalue weighted by Crippen LogP contribution is 2.38. The summed E-state index contributed by atoms with van der Waals surface area (Å²) in [5, 5.41) is 1.71. The molecule has 112 valence electrons. The van der Waals surface area contributed by atoms with Crippen molar-refractivity contribution in [2.24, 2.45) is 0 Å². The summed E-state index contributed by atoms with van der Waals surface area (Å²) in [6.45, 7) is 5.87. The Bertz CT molecular complexity index is 683. The van der Waals surface area contributed by atoms with E-state index < -0.39 is 5.38 Å². The van der Waals surface area contributed by atoms with Crippen molar-refractivity contribution in [2.75, 3.05) is 0 Å². The molecule has 1 aliphatic carbocycles. The summed E-state index contributed by atoms with van der Waals surface area (Å²) in [5.41, 5.74) is 4.41. The Hall–Kier alpha value is -1.06. The molecular formula is C17H20ClNOS. The predicted molar refractivity (Wildman–Crippen MR) is 88.9 cm³/mol. The molecule has 2 aromatic heterocycles. The maximum atomic E-state index is 12.3. The second-order valence-corrected chi connectivity index (χ2v) is 7.50. The molecule has 0 saturated carbocycles. The number of rotatable bonds is 3. The number of Topliss-reactive ketones (excluding diaryl/α,β-unsaturated/α-hetero) is 1. The van der Waals surface area contributed by atoms with Gasteiger partial charge in [-0.05, 0) is 63.1 Å². The zero-order chi connectivity index (χ0) is 15.1. The molecule has 0 aromatic carbocycles. The van der Waals surface area contributed by atoms with Crippen LogP contribution in [0.3, 0.4) is 0 Å². The van der Waals surface area contributed by atoms with Crippen molar-refractivity contribution in [3.05, 3.63) is 44.9 Å². The van der Waals surface area contributed by atoms with E-state index in [-0.39, 0.29) is 5.78 Å². The van der Waals surface area contributed by atoms with Crippen LogP contribution >= 0.6 is 22.9 Å². The van der Waals surface area contributed by atoms with E-state index in [9.17, 15) is 4.79 Å². The molecule has 21 heavy (non-hydrogen) atoms. The fourth-order valence-corrected chi connectivity index (χ4v) is 4.55. The van der Waals surface area contributed by atoms with E-state index in [2.05, 4.69) is 22.9 Å². The van der Waals surface area contributed by atoms with Crippen molar-refractivity contribution in [1.82, 2.24) is 4.57 Å². The summed E-state index contributed by atoms with van der Waals surface area (Å²) in [6, 6.07) is 4.61. The van der Waals surface area contributed by atoms with Crippen molar-refractivity contribution in [3.63, 3.8) is 0 Å². The summed E-state index contributed by atoms with van der Waals surface area (Å²) in [6.07, 6.45) is 3.54. The number of ketones is 1. The number of nitrogens with zero attached hydrogens (tertiary/aromatic N) is 1. The van der Waals surface area contributed by atoms with E-state index in [0.717, 1.165) is 23.4 Å².